The summed E-state index contributed by atoms with van der Waals surface area (Å²) in [5, 5.41) is 3.59. The Morgan fingerprint density at radius 2 is 2.02 bits per heavy atom. The molecule has 8 atom stereocenters. The number of methoxy groups -OCH3 is 1. The Hall–Kier alpha value is -3.08. The number of anilines is 1. The molecule has 9 nitrogen and oxygen atoms in total. The monoisotopic (exact) mass is 706 g/mol. The first kappa shape index (κ1) is 33.1. The van der Waals surface area contributed by atoms with Gasteiger partial charge in [-0.1, -0.05) is 36.7 Å². The molecule has 262 valence electrons. The van der Waals surface area contributed by atoms with E-state index in [2.05, 4.69) is 43.6 Å². The van der Waals surface area contributed by atoms with Gasteiger partial charge >= 0.3 is 6.03 Å². The lowest BCUT2D eigenvalue weighted by Gasteiger charge is -2.46. The van der Waals surface area contributed by atoms with Gasteiger partial charge < -0.3 is 19.7 Å². The molecule has 2 heterocycles. The molecule has 0 radical (unpaired) electrons. The van der Waals surface area contributed by atoms with Gasteiger partial charge in [0.25, 0.3) is 5.91 Å². The normalized spacial score (nSPS) is 35.7. The summed E-state index contributed by atoms with van der Waals surface area (Å²) in [6.45, 7) is 4.59. The first-order valence-corrected chi connectivity index (χ1v) is 20.0. The van der Waals surface area contributed by atoms with E-state index in [0.29, 0.717) is 54.7 Å². The number of carbonyl (C=O) groups excluding carboxylic acids is 2. The minimum absolute atomic E-state index is 0.0337. The van der Waals surface area contributed by atoms with E-state index < -0.39 is 21.9 Å². The van der Waals surface area contributed by atoms with Gasteiger partial charge in [0.15, 0.2) is 0 Å². The largest absolute Gasteiger partial charge is 0.490 e. The Morgan fingerprint density at radius 1 is 1.16 bits per heavy atom. The van der Waals surface area contributed by atoms with Crippen LogP contribution in [-0.2, 0) is 20.1 Å². The zero-order chi connectivity index (χ0) is 33.9. The van der Waals surface area contributed by atoms with Crippen LogP contribution in [0.1, 0.15) is 79.3 Å². The predicted octanol–water partition coefficient (Wildman–Crippen LogP) is 6.85. The smallest absolute Gasteiger partial charge is 0.327 e. The van der Waals surface area contributed by atoms with Crippen molar-refractivity contribution in [3.63, 3.8) is 0 Å². The molecule has 49 heavy (non-hydrogen) atoms. The second-order valence-electron chi connectivity index (χ2n) is 15.6. The van der Waals surface area contributed by atoms with E-state index in [1.54, 1.807) is 13.2 Å². The summed E-state index contributed by atoms with van der Waals surface area (Å²) in [6, 6.07) is 11.2. The van der Waals surface area contributed by atoms with Crippen molar-refractivity contribution in [1.82, 2.24) is 10.0 Å². The lowest BCUT2D eigenvalue weighted by atomic mass is 9.68. The van der Waals surface area contributed by atoms with Gasteiger partial charge in [-0.15, -0.1) is 4.36 Å². The molecule has 0 aromatic heterocycles. The molecule has 8 rings (SSSR count). The van der Waals surface area contributed by atoms with Crippen LogP contribution >= 0.6 is 11.6 Å². The van der Waals surface area contributed by atoms with Crippen molar-refractivity contribution in [2.24, 2.45) is 34.0 Å². The number of hydrogen-bond acceptors (Lipinski definition) is 6. The summed E-state index contributed by atoms with van der Waals surface area (Å²) in [5.41, 5.74) is 3.63. The second kappa shape index (κ2) is 12.9. The van der Waals surface area contributed by atoms with Crippen LogP contribution in [0.25, 0.3) is 0 Å². The highest BCUT2D eigenvalue weighted by Crippen LogP contribution is 2.61. The molecular formula is C38H47ClN4O5S. The first-order chi connectivity index (χ1) is 23.6. The number of benzene rings is 2. The lowest BCUT2D eigenvalue weighted by Crippen LogP contribution is -2.49. The third-order valence-electron chi connectivity index (χ3n) is 11.8. The number of carbonyl (C=O) groups is 2. The van der Waals surface area contributed by atoms with E-state index in [4.69, 9.17) is 21.1 Å². The molecule has 1 spiro atoms. The van der Waals surface area contributed by atoms with E-state index >= 15 is 0 Å². The average Bonchev–Trinajstić information content (AvgIpc) is 3.98. The van der Waals surface area contributed by atoms with Crippen molar-refractivity contribution in [3.05, 3.63) is 70.3 Å². The van der Waals surface area contributed by atoms with Gasteiger partial charge in [-0.2, -0.15) is 0 Å². The van der Waals surface area contributed by atoms with Crippen LogP contribution in [0.15, 0.2) is 52.9 Å². The molecule has 11 heteroatoms. The second-order valence-corrected chi connectivity index (χ2v) is 18.0. The fourth-order valence-electron chi connectivity index (χ4n) is 8.83. The maximum atomic E-state index is 14.3. The van der Waals surface area contributed by atoms with Crippen molar-refractivity contribution in [1.29, 1.82) is 0 Å². The summed E-state index contributed by atoms with van der Waals surface area (Å²) < 4.78 is 33.9. The molecule has 1 unspecified atom stereocenters. The Kier molecular flexibility index (Phi) is 8.72. The quantitative estimate of drug-likeness (QED) is 0.337. The van der Waals surface area contributed by atoms with Crippen LogP contribution in [0.5, 0.6) is 5.75 Å². The van der Waals surface area contributed by atoms with Crippen molar-refractivity contribution in [3.8, 4) is 5.75 Å². The lowest BCUT2D eigenvalue weighted by molar-refractivity contribution is 0.0131. The third-order valence-corrected chi connectivity index (χ3v) is 14.1. The molecule has 2 aromatic rings. The van der Waals surface area contributed by atoms with Crippen LogP contribution in [0.3, 0.4) is 0 Å². The highest BCUT2D eigenvalue weighted by atomic mass is 35.5. The van der Waals surface area contributed by atoms with Crippen molar-refractivity contribution >= 4 is 39.1 Å². The van der Waals surface area contributed by atoms with Gasteiger partial charge in [0.05, 0.1) is 24.2 Å². The van der Waals surface area contributed by atoms with Gasteiger partial charge in [0, 0.05) is 42.7 Å². The summed E-state index contributed by atoms with van der Waals surface area (Å²) in [4.78, 5) is 29.2. The van der Waals surface area contributed by atoms with Crippen molar-refractivity contribution in [2.75, 3.05) is 44.0 Å². The zero-order valence-electron chi connectivity index (χ0n) is 28.4. The molecule has 2 aromatic carbocycles. The van der Waals surface area contributed by atoms with Crippen LogP contribution in [0, 0.1) is 29.6 Å². The van der Waals surface area contributed by atoms with E-state index in [-0.39, 0.29) is 23.2 Å². The first-order valence-electron chi connectivity index (χ1n) is 18.0. The van der Waals surface area contributed by atoms with E-state index in [0.717, 1.165) is 61.7 Å². The average molecular weight is 707 g/mol. The molecular weight excluding hydrogens is 660 g/mol. The number of amides is 3. The van der Waals surface area contributed by atoms with Crippen LogP contribution in [-0.4, -0.2) is 61.4 Å². The Morgan fingerprint density at radius 3 is 2.80 bits per heavy atom. The summed E-state index contributed by atoms with van der Waals surface area (Å²) >= 11 is 6.53. The number of fused-ring (bicyclic) bond motifs is 6. The van der Waals surface area contributed by atoms with Gasteiger partial charge in [-0.3, -0.25) is 9.52 Å². The third kappa shape index (κ3) is 6.73. The zero-order valence-corrected chi connectivity index (χ0v) is 29.9. The highest BCUT2D eigenvalue weighted by molar-refractivity contribution is 7.92. The molecule has 2 bridgehead atoms. The molecule has 3 saturated carbocycles. The number of rotatable bonds is 4. The minimum atomic E-state index is -3.43. The molecule has 3 amide bonds. The molecule has 4 aliphatic carbocycles. The number of ether oxygens (including phenoxy) is 2. The van der Waals surface area contributed by atoms with E-state index in [1.807, 2.05) is 25.1 Å². The van der Waals surface area contributed by atoms with E-state index in [9.17, 15) is 13.8 Å². The van der Waals surface area contributed by atoms with Gasteiger partial charge in [-0.25, -0.2) is 9.00 Å². The molecule has 6 aliphatic rings. The van der Waals surface area contributed by atoms with Gasteiger partial charge in [0.1, 0.15) is 15.7 Å². The van der Waals surface area contributed by atoms with Crippen LogP contribution < -0.4 is 19.7 Å². The number of nitrogens with one attached hydrogen (secondary N) is 2. The maximum Gasteiger partial charge on any atom is 0.327 e. The van der Waals surface area contributed by atoms with Crippen molar-refractivity contribution in [2.45, 2.75) is 69.3 Å². The Labute approximate surface area is 294 Å². The molecule has 2 aliphatic heterocycles. The molecule has 3 fully saturated rings. The topological polar surface area (TPSA) is 109 Å². The summed E-state index contributed by atoms with van der Waals surface area (Å²) in [5.74, 6) is 2.48. The molecule has 0 saturated heterocycles. The number of nitrogens with zero attached hydrogens (tertiary/aromatic N) is 2. The summed E-state index contributed by atoms with van der Waals surface area (Å²) in [7, 11) is -1.65. The summed E-state index contributed by atoms with van der Waals surface area (Å²) in [6.07, 6.45) is 11.4. The standard InChI is InChI=1S/C38H47ClN4O5S/c1-23-4-3-5-34(47-2)29-11-8-26(29)19-43-21-38(17-27-14-30(27)31-16-28(39)10-12-32(31)38)22-48-35-13-9-25(15-33(35)43)36(44)41-49(46,20-23)42-37(45)40-18-24-6-7-24/h3,5,9-10,12-13,15-16,23-24,26-27,29-30,34H,4,6-8,11,14,17-22H2,1-2H3,(H2,40,41,42,44,45,46)/b5-3-/t23-,26-,27-,29+,30-,34-,38-,49?/m0/s1. The number of halogens is 1. The Bertz CT molecular complexity index is 1800. The van der Waals surface area contributed by atoms with Crippen LogP contribution in [0.4, 0.5) is 10.5 Å². The fraction of sp³-hybridized carbons (Fsp3) is 0.579. The van der Waals surface area contributed by atoms with Crippen molar-refractivity contribution < 1.29 is 23.3 Å². The minimum Gasteiger partial charge on any atom is -0.490 e. The van der Waals surface area contributed by atoms with Gasteiger partial charge in [0.2, 0.25) is 0 Å². The van der Waals surface area contributed by atoms with Gasteiger partial charge in [-0.05, 0) is 122 Å². The predicted molar refractivity (Wildman–Crippen MR) is 192 cm³/mol. The molecule has 2 N–H and O–H groups in total. The van der Waals surface area contributed by atoms with E-state index in [1.165, 1.54) is 17.5 Å². The Balaban J connectivity index is 1.18. The van der Waals surface area contributed by atoms with Crippen LogP contribution in [0.2, 0.25) is 5.02 Å². The number of urea groups is 1. The fourth-order valence-corrected chi connectivity index (χ4v) is 10.9. The highest BCUT2D eigenvalue weighted by Gasteiger charge is 2.54. The number of allylic oxidation sites excluding steroid dienone is 1. The SMILES string of the molecule is CO[C@H]1/C=C\C[C@H](C)CS(=O)(NC(=O)NCC2CC2)=NC(=O)c2ccc3c(c2)N(C[C@@H]2CC[C@H]21)C[C@]1(CO3)C[C@@H]2C[C@@H]2c2cc(Cl)ccc21. The number of hydrogen-bond donors (Lipinski definition) is 2. The maximum absolute atomic E-state index is 14.3.